The molecular weight excluding hydrogens is 288 g/mol. The fourth-order valence-corrected chi connectivity index (χ4v) is 2.14. The zero-order chi connectivity index (χ0) is 15.4. The first-order valence-corrected chi connectivity index (χ1v) is 7.00. The lowest BCUT2D eigenvalue weighted by atomic mass is 10.1. The standard InChI is InChI=1S/C16H17ClN2O2/c1-4-19(2)16(20)12-5-7-14(18-10-12)11-6-8-15(21-3)13(17)9-11/h5-10H,4H2,1-3H3. The summed E-state index contributed by atoms with van der Waals surface area (Å²) in [5.74, 6) is 0.584. The van der Waals surface area contributed by atoms with Gasteiger partial charge in [0.2, 0.25) is 0 Å². The number of hydrogen-bond donors (Lipinski definition) is 0. The van der Waals surface area contributed by atoms with E-state index in [1.807, 2.05) is 19.1 Å². The van der Waals surface area contributed by atoms with Gasteiger partial charge in [0, 0.05) is 25.4 Å². The highest BCUT2D eigenvalue weighted by molar-refractivity contribution is 6.32. The molecule has 0 unspecified atom stereocenters. The summed E-state index contributed by atoms with van der Waals surface area (Å²) in [4.78, 5) is 18.0. The van der Waals surface area contributed by atoms with Gasteiger partial charge >= 0.3 is 0 Å². The zero-order valence-electron chi connectivity index (χ0n) is 12.3. The summed E-state index contributed by atoms with van der Waals surface area (Å²) in [5.41, 5.74) is 2.21. The molecule has 2 rings (SSSR count). The molecule has 0 atom stereocenters. The molecule has 1 amide bonds. The number of ether oxygens (including phenoxy) is 1. The molecule has 0 aliphatic carbocycles. The molecule has 0 saturated carbocycles. The van der Waals surface area contributed by atoms with Crippen LogP contribution in [0.3, 0.4) is 0 Å². The zero-order valence-corrected chi connectivity index (χ0v) is 13.0. The Balaban J connectivity index is 2.27. The second-order valence-corrected chi connectivity index (χ2v) is 5.01. The van der Waals surface area contributed by atoms with Gasteiger partial charge in [0.1, 0.15) is 5.75 Å². The molecule has 1 heterocycles. The second kappa shape index (κ2) is 6.59. The summed E-state index contributed by atoms with van der Waals surface area (Å²) >= 11 is 6.11. The van der Waals surface area contributed by atoms with Crippen molar-refractivity contribution in [3.05, 3.63) is 47.1 Å². The summed E-state index contributed by atoms with van der Waals surface area (Å²) in [5, 5.41) is 0.530. The van der Waals surface area contributed by atoms with Gasteiger partial charge in [-0.3, -0.25) is 9.78 Å². The third kappa shape index (κ3) is 3.34. The molecule has 4 nitrogen and oxygen atoms in total. The molecule has 0 N–H and O–H groups in total. The Morgan fingerprint density at radius 2 is 2.10 bits per heavy atom. The van der Waals surface area contributed by atoms with Crippen molar-refractivity contribution in [1.29, 1.82) is 0 Å². The fourth-order valence-electron chi connectivity index (χ4n) is 1.88. The molecule has 110 valence electrons. The van der Waals surface area contributed by atoms with E-state index in [1.54, 1.807) is 43.5 Å². The van der Waals surface area contributed by atoms with Gasteiger partial charge in [0.15, 0.2) is 0 Å². The smallest absolute Gasteiger partial charge is 0.255 e. The van der Waals surface area contributed by atoms with Crippen LogP contribution in [0.1, 0.15) is 17.3 Å². The monoisotopic (exact) mass is 304 g/mol. The third-order valence-corrected chi connectivity index (χ3v) is 3.57. The number of benzene rings is 1. The first-order chi connectivity index (χ1) is 10.1. The summed E-state index contributed by atoms with van der Waals surface area (Å²) < 4.78 is 5.12. The van der Waals surface area contributed by atoms with Crippen molar-refractivity contribution in [2.45, 2.75) is 6.92 Å². The van der Waals surface area contributed by atoms with Crippen LogP contribution in [0.2, 0.25) is 5.02 Å². The third-order valence-electron chi connectivity index (χ3n) is 3.28. The van der Waals surface area contributed by atoms with Crippen LogP contribution >= 0.6 is 11.6 Å². The first-order valence-electron chi connectivity index (χ1n) is 6.62. The van der Waals surface area contributed by atoms with E-state index in [2.05, 4.69) is 4.98 Å². The SMILES string of the molecule is CCN(C)C(=O)c1ccc(-c2ccc(OC)c(Cl)c2)nc1. The van der Waals surface area contributed by atoms with Gasteiger partial charge in [-0.2, -0.15) is 0 Å². The minimum Gasteiger partial charge on any atom is -0.495 e. The lowest BCUT2D eigenvalue weighted by Crippen LogP contribution is -2.26. The van der Waals surface area contributed by atoms with Crippen LogP contribution in [0.25, 0.3) is 11.3 Å². The summed E-state index contributed by atoms with van der Waals surface area (Å²) in [6, 6.07) is 9.06. The predicted octanol–water partition coefficient (Wildman–Crippen LogP) is 3.50. The number of carbonyl (C=O) groups is 1. The minimum absolute atomic E-state index is 0.0377. The number of rotatable bonds is 4. The molecule has 1 aromatic heterocycles. The second-order valence-electron chi connectivity index (χ2n) is 4.60. The van der Waals surface area contributed by atoms with E-state index in [9.17, 15) is 4.79 Å². The lowest BCUT2D eigenvalue weighted by Gasteiger charge is -2.14. The van der Waals surface area contributed by atoms with Crippen molar-refractivity contribution in [2.24, 2.45) is 0 Å². The maximum absolute atomic E-state index is 12.0. The Morgan fingerprint density at radius 3 is 2.62 bits per heavy atom. The molecule has 2 aromatic rings. The number of carbonyl (C=O) groups excluding carboxylic acids is 1. The van der Waals surface area contributed by atoms with Crippen LogP contribution < -0.4 is 4.74 Å². The number of hydrogen-bond acceptors (Lipinski definition) is 3. The van der Waals surface area contributed by atoms with Crippen LogP contribution in [-0.4, -0.2) is 36.5 Å². The van der Waals surface area contributed by atoms with Gasteiger partial charge in [0.25, 0.3) is 5.91 Å². The number of methoxy groups -OCH3 is 1. The summed E-state index contributed by atoms with van der Waals surface area (Å²) in [6.45, 7) is 2.59. The van der Waals surface area contributed by atoms with Gasteiger partial charge in [0.05, 0.1) is 23.4 Å². The van der Waals surface area contributed by atoms with E-state index in [-0.39, 0.29) is 5.91 Å². The molecule has 0 spiro atoms. The largest absolute Gasteiger partial charge is 0.495 e. The average molecular weight is 305 g/mol. The Kier molecular flexibility index (Phi) is 4.81. The molecule has 5 heteroatoms. The Bertz CT molecular complexity index is 641. The van der Waals surface area contributed by atoms with E-state index >= 15 is 0 Å². The normalized spacial score (nSPS) is 10.3. The Morgan fingerprint density at radius 1 is 1.33 bits per heavy atom. The molecule has 0 fully saturated rings. The molecule has 0 saturated heterocycles. The van der Waals surface area contributed by atoms with Crippen molar-refractivity contribution in [3.63, 3.8) is 0 Å². The van der Waals surface area contributed by atoms with Gasteiger partial charge in [-0.15, -0.1) is 0 Å². The van der Waals surface area contributed by atoms with Crippen LogP contribution in [0.5, 0.6) is 5.75 Å². The summed E-state index contributed by atoms with van der Waals surface area (Å²) in [6.07, 6.45) is 1.59. The van der Waals surface area contributed by atoms with Crippen molar-refractivity contribution >= 4 is 17.5 Å². The number of halogens is 1. The van der Waals surface area contributed by atoms with Gasteiger partial charge in [-0.25, -0.2) is 0 Å². The van der Waals surface area contributed by atoms with Crippen molar-refractivity contribution in [3.8, 4) is 17.0 Å². The fraction of sp³-hybridized carbons (Fsp3) is 0.250. The van der Waals surface area contributed by atoms with Crippen molar-refractivity contribution in [1.82, 2.24) is 9.88 Å². The highest BCUT2D eigenvalue weighted by atomic mass is 35.5. The van der Waals surface area contributed by atoms with E-state index in [0.717, 1.165) is 11.3 Å². The van der Waals surface area contributed by atoms with Crippen LogP contribution in [0.15, 0.2) is 36.5 Å². The van der Waals surface area contributed by atoms with Crippen molar-refractivity contribution in [2.75, 3.05) is 20.7 Å². The molecule has 0 aliphatic rings. The maximum atomic E-state index is 12.0. The van der Waals surface area contributed by atoms with E-state index in [4.69, 9.17) is 16.3 Å². The Labute approximate surface area is 129 Å². The van der Waals surface area contributed by atoms with Gasteiger partial charge < -0.3 is 9.64 Å². The van der Waals surface area contributed by atoms with E-state index in [0.29, 0.717) is 22.9 Å². The maximum Gasteiger partial charge on any atom is 0.255 e. The van der Waals surface area contributed by atoms with Crippen LogP contribution in [-0.2, 0) is 0 Å². The number of pyridine rings is 1. The topological polar surface area (TPSA) is 42.4 Å². The van der Waals surface area contributed by atoms with Crippen molar-refractivity contribution < 1.29 is 9.53 Å². The van der Waals surface area contributed by atoms with E-state index < -0.39 is 0 Å². The van der Waals surface area contributed by atoms with E-state index in [1.165, 1.54) is 0 Å². The minimum atomic E-state index is -0.0377. The first kappa shape index (κ1) is 15.3. The average Bonchev–Trinajstić information content (AvgIpc) is 2.53. The predicted molar refractivity (Wildman–Crippen MR) is 83.9 cm³/mol. The lowest BCUT2D eigenvalue weighted by molar-refractivity contribution is 0.0802. The molecule has 1 aromatic carbocycles. The molecule has 0 bridgehead atoms. The van der Waals surface area contributed by atoms with Crippen LogP contribution in [0, 0.1) is 0 Å². The van der Waals surface area contributed by atoms with Gasteiger partial charge in [-0.1, -0.05) is 11.6 Å². The molecule has 0 radical (unpaired) electrons. The molecular formula is C16H17ClN2O2. The molecule has 21 heavy (non-hydrogen) atoms. The van der Waals surface area contributed by atoms with Crippen LogP contribution in [0.4, 0.5) is 0 Å². The number of amides is 1. The Hall–Kier alpha value is -2.07. The highest BCUT2D eigenvalue weighted by Crippen LogP contribution is 2.29. The summed E-state index contributed by atoms with van der Waals surface area (Å²) in [7, 11) is 3.34. The highest BCUT2D eigenvalue weighted by Gasteiger charge is 2.11. The van der Waals surface area contributed by atoms with Gasteiger partial charge in [-0.05, 0) is 37.3 Å². The molecule has 0 aliphatic heterocycles. The number of aromatic nitrogens is 1. The quantitative estimate of drug-likeness (QED) is 0.868. The number of nitrogens with zero attached hydrogens (tertiary/aromatic N) is 2.